The zero-order valence-electron chi connectivity index (χ0n) is 10.9. The number of anilines is 1. The number of fused-ring (bicyclic) bond motifs is 1. The number of carboxylic acid groups (broad SMARTS) is 1. The molecule has 6 nitrogen and oxygen atoms in total. The molecular formula is C13H14N2O4S. The first kappa shape index (κ1) is 13.2. The van der Waals surface area contributed by atoms with Crippen LogP contribution in [0.2, 0.25) is 0 Å². The van der Waals surface area contributed by atoms with Gasteiger partial charge in [-0.1, -0.05) is 6.92 Å². The quantitative estimate of drug-likeness (QED) is 0.849. The minimum Gasteiger partial charge on any atom is -0.481 e. The molecule has 106 valence electrons. The molecule has 1 aliphatic carbocycles. The van der Waals surface area contributed by atoms with Crippen LogP contribution in [0.5, 0.6) is 0 Å². The van der Waals surface area contributed by atoms with Crippen LogP contribution < -0.4 is 4.90 Å². The Kier molecular flexibility index (Phi) is 3.08. The lowest BCUT2D eigenvalue weighted by atomic mass is 10.00. The van der Waals surface area contributed by atoms with Gasteiger partial charge >= 0.3 is 5.97 Å². The van der Waals surface area contributed by atoms with Crippen molar-refractivity contribution in [2.24, 2.45) is 17.8 Å². The number of aromatic nitrogens is 1. The summed E-state index contributed by atoms with van der Waals surface area (Å²) in [6.07, 6.45) is 1.30. The number of hydrogen-bond acceptors (Lipinski definition) is 5. The zero-order chi connectivity index (χ0) is 14.4. The lowest BCUT2D eigenvalue weighted by Gasteiger charge is -2.13. The van der Waals surface area contributed by atoms with Crippen LogP contribution in [0.4, 0.5) is 5.13 Å². The number of carboxylic acids is 1. The SMILES string of the molecule is CC1CC2C(=O)N(c3nc(CC(=O)O)cs3)C(=O)C2C1. The monoisotopic (exact) mass is 294 g/mol. The Hall–Kier alpha value is -1.76. The summed E-state index contributed by atoms with van der Waals surface area (Å²) < 4.78 is 0. The van der Waals surface area contributed by atoms with Gasteiger partial charge in [0.1, 0.15) is 0 Å². The predicted molar refractivity (Wildman–Crippen MR) is 71.3 cm³/mol. The Morgan fingerprint density at radius 2 is 2.00 bits per heavy atom. The van der Waals surface area contributed by atoms with Crippen LogP contribution >= 0.6 is 11.3 Å². The van der Waals surface area contributed by atoms with Gasteiger partial charge in [0.2, 0.25) is 11.8 Å². The van der Waals surface area contributed by atoms with E-state index in [2.05, 4.69) is 11.9 Å². The second kappa shape index (κ2) is 4.66. The number of carbonyl (C=O) groups excluding carboxylic acids is 2. The number of thiazole rings is 1. The van der Waals surface area contributed by atoms with Crippen molar-refractivity contribution in [2.45, 2.75) is 26.2 Å². The zero-order valence-corrected chi connectivity index (χ0v) is 11.7. The molecule has 1 saturated heterocycles. The first-order valence-corrected chi connectivity index (χ1v) is 7.39. The first-order valence-electron chi connectivity index (χ1n) is 6.51. The standard InChI is InChI=1S/C13H14N2O4S/c1-6-2-8-9(3-6)12(19)15(11(8)18)13-14-7(5-20-13)4-10(16)17/h5-6,8-9H,2-4H2,1H3,(H,16,17). The number of hydrogen-bond donors (Lipinski definition) is 1. The molecule has 3 rings (SSSR count). The van der Waals surface area contributed by atoms with Crippen LogP contribution in [0.25, 0.3) is 0 Å². The number of imide groups is 1. The van der Waals surface area contributed by atoms with Crippen molar-refractivity contribution in [2.75, 3.05) is 4.90 Å². The molecule has 2 amide bonds. The summed E-state index contributed by atoms with van der Waals surface area (Å²) >= 11 is 1.15. The van der Waals surface area contributed by atoms with Gasteiger partial charge in [-0.15, -0.1) is 11.3 Å². The van der Waals surface area contributed by atoms with Gasteiger partial charge in [0, 0.05) is 5.38 Å². The van der Waals surface area contributed by atoms with Gasteiger partial charge in [-0.3, -0.25) is 14.4 Å². The van der Waals surface area contributed by atoms with Crippen LogP contribution in [0.1, 0.15) is 25.5 Å². The molecule has 1 saturated carbocycles. The van der Waals surface area contributed by atoms with Gasteiger partial charge in [-0.2, -0.15) is 0 Å². The van der Waals surface area contributed by atoms with Gasteiger partial charge in [0.25, 0.3) is 0 Å². The van der Waals surface area contributed by atoms with Crippen LogP contribution in [0.15, 0.2) is 5.38 Å². The van der Waals surface area contributed by atoms with Gasteiger partial charge in [-0.05, 0) is 18.8 Å². The van der Waals surface area contributed by atoms with Gasteiger partial charge in [0.05, 0.1) is 24.0 Å². The lowest BCUT2D eigenvalue weighted by molar-refractivity contribution is -0.136. The highest BCUT2D eigenvalue weighted by atomic mass is 32.1. The van der Waals surface area contributed by atoms with Crippen molar-refractivity contribution in [1.82, 2.24) is 4.98 Å². The highest BCUT2D eigenvalue weighted by Crippen LogP contribution is 2.44. The molecule has 2 atom stereocenters. The number of aliphatic carboxylic acids is 1. The maximum atomic E-state index is 12.3. The number of carbonyl (C=O) groups is 3. The molecule has 20 heavy (non-hydrogen) atoms. The summed E-state index contributed by atoms with van der Waals surface area (Å²) in [7, 11) is 0. The summed E-state index contributed by atoms with van der Waals surface area (Å²) in [6.45, 7) is 2.05. The molecule has 7 heteroatoms. The van der Waals surface area contributed by atoms with Crippen LogP contribution in [0, 0.1) is 17.8 Å². The third-order valence-electron chi connectivity index (χ3n) is 3.94. The molecule has 2 fully saturated rings. The minimum atomic E-state index is -0.980. The predicted octanol–water partition coefficient (Wildman–Crippen LogP) is 1.31. The molecule has 1 N–H and O–H groups in total. The Morgan fingerprint density at radius 1 is 1.40 bits per heavy atom. The van der Waals surface area contributed by atoms with E-state index in [1.165, 1.54) is 0 Å². The van der Waals surface area contributed by atoms with Crippen molar-refractivity contribution in [3.05, 3.63) is 11.1 Å². The van der Waals surface area contributed by atoms with E-state index in [-0.39, 0.29) is 30.1 Å². The molecule has 1 aliphatic heterocycles. The van der Waals surface area contributed by atoms with Crippen molar-refractivity contribution in [3.8, 4) is 0 Å². The summed E-state index contributed by atoms with van der Waals surface area (Å²) in [4.78, 5) is 40.6. The maximum absolute atomic E-state index is 12.3. The molecule has 2 heterocycles. The van der Waals surface area contributed by atoms with E-state index in [0.29, 0.717) is 16.7 Å². The van der Waals surface area contributed by atoms with Crippen LogP contribution in [-0.4, -0.2) is 27.9 Å². The average molecular weight is 294 g/mol. The van der Waals surface area contributed by atoms with E-state index in [1.807, 2.05) is 0 Å². The normalized spacial score (nSPS) is 29.1. The molecular weight excluding hydrogens is 280 g/mol. The first-order chi connectivity index (χ1) is 9.47. The largest absolute Gasteiger partial charge is 0.481 e. The topological polar surface area (TPSA) is 87.6 Å². The average Bonchev–Trinajstić information content (AvgIpc) is 2.99. The Balaban J connectivity index is 1.84. The van der Waals surface area contributed by atoms with E-state index < -0.39 is 5.97 Å². The highest BCUT2D eigenvalue weighted by molar-refractivity contribution is 7.14. The summed E-state index contributed by atoms with van der Waals surface area (Å²) in [6, 6.07) is 0. The fraction of sp³-hybridized carbons (Fsp3) is 0.538. The molecule has 0 aromatic carbocycles. The summed E-state index contributed by atoms with van der Waals surface area (Å²) in [5.74, 6) is -1.37. The van der Waals surface area contributed by atoms with Gasteiger partial charge < -0.3 is 5.11 Å². The van der Waals surface area contributed by atoms with Gasteiger partial charge in [-0.25, -0.2) is 9.88 Å². The molecule has 0 radical (unpaired) electrons. The van der Waals surface area contributed by atoms with Crippen molar-refractivity contribution in [1.29, 1.82) is 0 Å². The van der Waals surface area contributed by atoms with Crippen molar-refractivity contribution >= 4 is 34.3 Å². The molecule has 1 aromatic heterocycles. The van der Waals surface area contributed by atoms with E-state index >= 15 is 0 Å². The number of rotatable bonds is 3. The Morgan fingerprint density at radius 3 is 2.55 bits per heavy atom. The molecule has 1 aromatic rings. The molecule has 2 aliphatic rings. The highest BCUT2D eigenvalue weighted by Gasteiger charge is 2.53. The fourth-order valence-corrected chi connectivity index (χ4v) is 3.93. The van der Waals surface area contributed by atoms with Crippen molar-refractivity contribution in [3.63, 3.8) is 0 Å². The van der Waals surface area contributed by atoms with Crippen LogP contribution in [-0.2, 0) is 20.8 Å². The van der Waals surface area contributed by atoms with E-state index in [0.717, 1.165) is 29.1 Å². The lowest BCUT2D eigenvalue weighted by Crippen LogP contribution is -2.32. The molecule has 0 bridgehead atoms. The molecule has 2 unspecified atom stereocenters. The third-order valence-corrected chi connectivity index (χ3v) is 4.81. The Labute approximate surface area is 119 Å². The van der Waals surface area contributed by atoms with Crippen LogP contribution in [0.3, 0.4) is 0 Å². The minimum absolute atomic E-state index is 0.180. The summed E-state index contributed by atoms with van der Waals surface area (Å²) in [5.41, 5.74) is 0.378. The second-order valence-electron chi connectivity index (χ2n) is 5.49. The number of amides is 2. The fourth-order valence-electron chi connectivity index (χ4n) is 3.10. The Bertz CT molecular complexity index is 573. The maximum Gasteiger partial charge on any atom is 0.309 e. The summed E-state index contributed by atoms with van der Waals surface area (Å²) in [5, 5.41) is 10.6. The molecule has 0 spiro atoms. The second-order valence-corrected chi connectivity index (χ2v) is 6.33. The van der Waals surface area contributed by atoms with E-state index in [1.54, 1.807) is 5.38 Å². The van der Waals surface area contributed by atoms with E-state index in [9.17, 15) is 14.4 Å². The van der Waals surface area contributed by atoms with Crippen molar-refractivity contribution < 1.29 is 19.5 Å². The number of nitrogens with zero attached hydrogens (tertiary/aromatic N) is 2. The smallest absolute Gasteiger partial charge is 0.309 e. The van der Waals surface area contributed by atoms with Gasteiger partial charge in [0.15, 0.2) is 5.13 Å². The van der Waals surface area contributed by atoms with E-state index in [4.69, 9.17) is 5.11 Å². The third kappa shape index (κ3) is 2.02.